The second kappa shape index (κ2) is 9.04. The van der Waals surface area contributed by atoms with Crippen molar-refractivity contribution in [3.8, 4) is 5.75 Å². The van der Waals surface area contributed by atoms with Crippen molar-refractivity contribution < 1.29 is 18.7 Å². The molecule has 1 amide bonds. The van der Waals surface area contributed by atoms with Gasteiger partial charge >= 0.3 is 0 Å². The lowest BCUT2D eigenvalue weighted by molar-refractivity contribution is 0.0532. The van der Waals surface area contributed by atoms with Crippen molar-refractivity contribution >= 4 is 16.8 Å². The minimum absolute atomic E-state index is 0.00370. The van der Waals surface area contributed by atoms with Gasteiger partial charge in [0.05, 0.1) is 30.2 Å². The first-order chi connectivity index (χ1) is 14.3. The summed E-state index contributed by atoms with van der Waals surface area (Å²) in [6, 6.07) is 7.90. The molecule has 0 saturated carbocycles. The third kappa shape index (κ3) is 4.49. The summed E-state index contributed by atoms with van der Waals surface area (Å²) in [6.45, 7) is 3.70. The summed E-state index contributed by atoms with van der Waals surface area (Å²) in [6.07, 6.45) is 3.38. The minimum atomic E-state index is -0.709. The average molecular weight is 413 g/mol. The van der Waals surface area contributed by atoms with Crippen LogP contribution in [0.2, 0.25) is 0 Å². The van der Waals surface area contributed by atoms with Crippen molar-refractivity contribution in [2.24, 2.45) is 5.73 Å². The van der Waals surface area contributed by atoms with Gasteiger partial charge in [0.15, 0.2) is 5.43 Å². The van der Waals surface area contributed by atoms with Gasteiger partial charge in [-0.1, -0.05) is 6.07 Å². The van der Waals surface area contributed by atoms with Crippen LogP contribution in [-0.4, -0.2) is 29.1 Å². The van der Waals surface area contributed by atoms with E-state index in [2.05, 4.69) is 9.97 Å². The molecule has 3 N–H and O–H groups in total. The molecular weight excluding hydrogens is 389 g/mol. The molecule has 1 aromatic carbocycles. The number of aromatic amines is 1. The molecule has 0 spiro atoms. The van der Waals surface area contributed by atoms with E-state index in [-0.39, 0.29) is 34.5 Å². The lowest BCUT2D eigenvalue weighted by Gasteiger charge is -2.12. The third-order valence-corrected chi connectivity index (χ3v) is 5.01. The molecule has 2 aromatic heterocycles. The van der Waals surface area contributed by atoms with Crippen molar-refractivity contribution in [3.63, 3.8) is 0 Å². The molecule has 2 unspecified atom stereocenters. The summed E-state index contributed by atoms with van der Waals surface area (Å²) in [5, 5.41) is 0.231. The van der Waals surface area contributed by atoms with E-state index in [9.17, 15) is 14.0 Å². The fourth-order valence-corrected chi connectivity index (χ4v) is 3.42. The SMILES string of the molecule is CC1CCC(c2cc(=O)c3c(C(N)=O)nccc3[nH]2)O1.COc1cccc(F)c1C. The first kappa shape index (κ1) is 21.4. The number of carbonyl (C=O) groups is 1. The van der Waals surface area contributed by atoms with Gasteiger partial charge < -0.3 is 20.2 Å². The number of nitrogens with two attached hydrogens (primary N) is 1. The molecule has 3 aromatic rings. The summed E-state index contributed by atoms with van der Waals surface area (Å²) in [7, 11) is 1.53. The highest BCUT2D eigenvalue weighted by molar-refractivity contribution is 6.03. The van der Waals surface area contributed by atoms with E-state index < -0.39 is 5.91 Å². The number of pyridine rings is 2. The van der Waals surface area contributed by atoms with Crippen LogP contribution in [0.1, 0.15) is 47.6 Å². The highest BCUT2D eigenvalue weighted by Crippen LogP contribution is 2.31. The molecule has 3 heterocycles. The molecule has 1 saturated heterocycles. The zero-order valence-electron chi connectivity index (χ0n) is 17.1. The molecule has 0 bridgehead atoms. The van der Waals surface area contributed by atoms with Crippen LogP contribution in [0.3, 0.4) is 0 Å². The van der Waals surface area contributed by atoms with E-state index in [0.29, 0.717) is 16.8 Å². The second-order valence-corrected chi connectivity index (χ2v) is 7.12. The zero-order valence-corrected chi connectivity index (χ0v) is 17.1. The Bertz CT molecular complexity index is 1130. The molecular formula is C22H24FN3O4. The summed E-state index contributed by atoms with van der Waals surface area (Å²) in [4.78, 5) is 30.6. The number of nitrogens with zero attached hydrogens (tertiary/aromatic N) is 1. The van der Waals surface area contributed by atoms with Gasteiger partial charge in [0.2, 0.25) is 0 Å². The largest absolute Gasteiger partial charge is 0.496 e. The van der Waals surface area contributed by atoms with Crippen LogP contribution in [0.25, 0.3) is 10.9 Å². The number of fused-ring (bicyclic) bond motifs is 1. The quantitative estimate of drug-likeness (QED) is 0.684. The second-order valence-electron chi connectivity index (χ2n) is 7.12. The molecule has 4 rings (SSSR count). The maximum atomic E-state index is 12.7. The number of hydrogen-bond acceptors (Lipinski definition) is 5. The highest BCUT2D eigenvalue weighted by Gasteiger charge is 2.25. The topological polar surface area (TPSA) is 107 Å². The van der Waals surface area contributed by atoms with Crippen LogP contribution in [-0.2, 0) is 4.74 Å². The fourth-order valence-electron chi connectivity index (χ4n) is 3.42. The molecule has 0 aliphatic carbocycles. The Hall–Kier alpha value is -3.26. The van der Waals surface area contributed by atoms with Crippen LogP contribution in [0.15, 0.2) is 41.3 Å². The predicted molar refractivity (Wildman–Crippen MR) is 111 cm³/mol. The summed E-state index contributed by atoms with van der Waals surface area (Å²) >= 11 is 0. The fraction of sp³-hybridized carbons (Fsp3) is 0.318. The van der Waals surface area contributed by atoms with Gasteiger partial charge in [0, 0.05) is 23.5 Å². The Kier molecular flexibility index (Phi) is 6.47. The van der Waals surface area contributed by atoms with Gasteiger partial charge in [-0.15, -0.1) is 0 Å². The number of primary amides is 1. The number of halogens is 1. The van der Waals surface area contributed by atoms with Crippen LogP contribution in [0.4, 0.5) is 4.39 Å². The first-order valence-electron chi connectivity index (χ1n) is 9.58. The number of H-pyrrole nitrogens is 1. The Morgan fingerprint density at radius 2 is 2.10 bits per heavy atom. The highest BCUT2D eigenvalue weighted by atomic mass is 19.1. The summed E-state index contributed by atoms with van der Waals surface area (Å²) < 4.78 is 23.3. The Labute approximate surface area is 173 Å². The lowest BCUT2D eigenvalue weighted by Crippen LogP contribution is -2.18. The van der Waals surface area contributed by atoms with E-state index >= 15 is 0 Å². The number of amides is 1. The number of nitrogens with one attached hydrogen (secondary N) is 1. The normalized spacial score (nSPS) is 18.0. The monoisotopic (exact) mass is 413 g/mol. The van der Waals surface area contributed by atoms with Crippen LogP contribution < -0.4 is 15.9 Å². The van der Waals surface area contributed by atoms with Crippen LogP contribution >= 0.6 is 0 Å². The molecule has 7 nitrogen and oxygen atoms in total. The molecule has 158 valence electrons. The van der Waals surface area contributed by atoms with E-state index in [1.165, 1.54) is 25.4 Å². The first-order valence-corrected chi connectivity index (χ1v) is 9.58. The van der Waals surface area contributed by atoms with Gasteiger partial charge in [-0.25, -0.2) is 4.39 Å². The predicted octanol–water partition coefficient (Wildman–Crippen LogP) is 3.40. The Morgan fingerprint density at radius 1 is 1.33 bits per heavy atom. The third-order valence-electron chi connectivity index (χ3n) is 5.01. The number of ether oxygens (including phenoxy) is 2. The zero-order chi connectivity index (χ0) is 21.8. The molecule has 8 heteroatoms. The minimum Gasteiger partial charge on any atom is -0.496 e. The summed E-state index contributed by atoms with van der Waals surface area (Å²) in [5.74, 6) is -0.334. The molecule has 1 aliphatic rings. The number of rotatable bonds is 3. The molecule has 1 fully saturated rings. The maximum absolute atomic E-state index is 12.7. The smallest absolute Gasteiger partial charge is 0.268 e. The van der Waals surface area contributed by atoms with Crippen LogP contribution in [0, 0.1) is 12.7 Å². The molecule has 30 heavy (non-hydrogen) atoms. The Balaban J connectivity index is 0.000000216. The van der Waals surface area contributed by atoms with Gasteiger partial charge in [-0.2, -0.15) is 0 Å². The standard InChI is InChI=1S/C14H15N3O3.C8H9FO/c1-7-2-3-11(20-7)9-6-10(18)12-8(17-9)4-5-16-13(12)14(15)19;1-6-7(9)4-3-5-8(6)10-2/h4-7,11H,2-3H2,1H3,(H2,15,19)(H,17,18);3-5H,1-2H3. The molecule has 1 aliphatic heterocycles. The van der Waals surface area contributed by atoms with Crippen molar-refractivity contribution in [3.05, 3.63) is 69.5 Å². The number of methoxy groups -OCH3 is 1. The number of aromatic nitrogens is 2. The maximum Gasteiger partial charge on any atom is 0.268 e. The molecule has 0 radical (unpaired) electrons. The van der Waals surface area contributed by atoms with Gasteiger partial charge in [-0.3, -0.25) is 14.6 Å². The molecule has 2 atom stereocenters. The lowest BCUT2D eigenvalue weighted by atomic mass is 10.1. The average Bonchev–Trinajstić information content (AvgIpc) is 3.16. The van der Waals surface area contributed by atoms with Gasteiger partial charge in [0.1, 0.15) is 17.3 Å². The van der Waals surface area contributed by atoms with Crippen molar-refractivity contribution in [2.75, 3.05) is 7.11 Å². The summed E-state index contributed by atoms with van der Waals surface area (Å²) in [5.41, 5.74) is 6.82. The van der Waals surface area contributed by atoms with E-state index in [1.807, 2.05) is 6.92 Å². The number of carbonyl (C=O) groups excluding carboxylic acids is 1. The van der Waals surface area contributed by atoms with Crippen molar-refractivity contribution in [1.82, 2.24) is 9.97 Å². The van der Waals surface area contributed by atoms with E-state index in [0.717, 1.165) is 18.5 Å². The van der Waals surface area contributed by atoms with Crippen molar-refractivity contribution in [2.45, 2.75) is 38.9 Å². The van der Waals surface area contributed by atoms with E-state index in [4.69, 9.17) is 15.2 Å². The Morgan fingerprint density at radius 3 is 2.70 bits per heavy atom. The van der Waals surface area contributed by atoms with Crippen LogP contribution in [0.5, 0.6) is 5.75 Å². The number of benzene rings is 1. The van der Waals surface area contributed by atoms with Gasteiger partial charge in [-0.05, 0) is 44.9 Å². The van der Waals surface area contributed by atoms with Crippen molar-refractivity contribution in [1.29, 1.82) is 0 Å². The number of hydrogen-bond donors (Lipinski definition) is 2. The van der Waals surface area contributed by atoms with E-state index in [1.54, 1.807) is 25.1 Å². The van der Waals surface area contributed by atoms with Gasteiger partial charge in [0.25, 0.3) is 5.91 Å².